The minimum atomic E-state index is -0.0227. The molecule has 0 bridgehead atoms. The van der Waals surface area contributed by atoms with Crippen LogP contribution in [0.3, 0.4) is 0 Å². The molecule has 1 aliphatic heterocycles. The van der Waals surface area contributed by atoms with Crippen molar-refractivity contribution in [2.45, 2.75) is 25.5 Å². The zero-order valence-corrected chi connectivity index (χ0v) is 12.5. The van der Waals surface area contributed by atoms with Gasteiger partial charge in [0.1, 0.15) is 11.9 Å². The van der Waals surface area contributed by atoms with E-state index in [0.717, 1.165) is 33.5 Å². The third-order valence-corrected chi connectivity index (χ3v) is 4.23. The lowest BCUT2D eigenvalue weighted by molar-refractivity contribution is 0.160. The van der Waals surface area contributed by atoms with Crippen molar-refractivity contribution < 1.29 is 4.74 Å². The van der Waals surface area contributed by atoms with Gasteiger partial charge in [-0.15, -0.1) is 0 Å². The summed E-state index contributed by atoms with van der Waals surface area (Å²) in [6.45, 7) is 2.05. The van der Waals surface area contributed by atoms with Gasteiger partial charge in [0.15, 0.2) is 0 Å². The van der Waals surface area contributed by atoms with Crippen LogP contribution in [0.2, 0.25) is 0 Å². The monoisotopic (exact) mass is 321 g/mol. The molecule has 2 heterocycles. The fraction of sp³-hybridized carbons (Fsp3) is 0.357. The minimum absolute atomic E-state index is 0.00135. The SMILES string of the molecule is Cc1c(C2C[C@H](N)c3ccc(Br)cc3O2)cnn1C. The summed E-state index contributed by atoms with van der Waals surface area (Å²) in [4.78, 5) is 0. The van der Waals surface area contributed by atoms with Crippen molar-refractivity contribution in [2.75, 3.05) is 0 Å². The zero-order valence-electron chi connectivity index (χ0n) is 10.9. The van der Waals surface area contributed by atoms with Gasteiger partial charge in [-0.05, 0) is 19.1 Å². The van der Waals surface area contributed by atoms with Crippen molar-refractivity contribution >= 4 is 15.9 Å². The quantitative estimate of drug-likeness (QED) is 0.878. The van der Waals surface area contributed by atoms with Crippen molar-refractivity contribution in [1.29, 1.82) is 0 Å². The molecular weight excluding hydrogens is 306 g/mol. The highest BCUT2D eigenvalue weighted by atomic mass is 79.9. The number of benzene rings is 1. The van der Waals surface area contributed by atoms with Gasteiger partial charge in [0.2, 0.25) is 0 Å². The van der Waals surface area contributed by atoms with Gasteiger partial charge >= 0.3 is 0 Å². The Hall–Kier alpha value is -1.33. The second-order valence-corrected chi connectivity index (χ2v) is 5.86. The molecular formula is C14H16BrN3O. The average molecular weight is 322 g/mol. The molecule has 3 rings (SSSR count). The van der Waals surface area contributed by atoms with E-state index in [1.807, 2.05) is 43.0 Å². The van der Waals surface area contributed by atoms with Crippen LogP contribution in [0.5, 0.6) is 5.75 Å². The first-order valence-corrected chi connectivity index (χ1v) is 7.05. The van der Waals surface area contributed by atoms with Crippen LogP contribution < -0.4 is 10.5 Å². The Morgan fingerprint density at radius 2 is 2.21 bits per heavy atom. The van der Waals surface area contributed by atoms with Crippen LogP contribution in [0.4, 0.5) is 0 Å². The Balaban J connectivity index is 1.98. The molecule has 100 valence electrons. The van der Waals surface area contributed by atoms with Gasteiger partial charge in [-0.3, -0.25) is 4.68 Å². The van der Waals surface area contributed by atoms with Gasteiger partial charge in [-0.25, -0.2) is 0 Å². The molecule has 0 saturated carbocycles. The molecule has 0 spiro atoms. The fourth-order valence-corrected chi connectivity index (χ4v) is 2.84. The summed E-state index contributed by atoms with van der Waals surface area (Å²) in [6, 6.07) is 6.00. The van der Waals surface area contributed by atoms with Crippen molar-refractivity contribution in [1.82, 2.24) is 9.78 Å². The van der Waals surface area contributed by atoms with Crippen LogP contribution >= 0.6 is 15.9 Å². The van der Waals surface area contributed by atoms with Crippen LogP contribution in [-0.2, 0) is 7.05 Å². The van der Waals surface area contributed by atoms with Gasteiger partial charge in [0, 0.05) is 40.8 Å². The summed E-state index contributed by atoms with van der Waals surface area (Å²) in [6.07, 6.45) is 2.63. The van der Waals surface area contributed by atoms with Gasteiger partial charge in [-0.2, -0.15) is 5.10 Å². The standard InChI is InChI=1S/C14H16BrN3O/c1-8-11(7-17-18(8)2)14-6-12(16)10-4-3-9(15)5-13(10)19-14/h3-5,7,12,14H,6,16H2,1-2H3/t12-,14?/m0/s1. The maximum atomic E-state index is 6.26. The highest BCUT2D eigenvalue weighted by Crippen LogP contribution is 2.41. The molecule has 0 radical (unpaired) electrons. The highest BCUT2D eigenvalue weighted by Gasteiger charge is 2.29. The third kappa shape index (κ3) is 2.17. The Morgan fingerprint density at radius 1 is 1.42 bits per heavy atom. The second kappa shape index (κ2) is 4.65. The first kappa shape index (κ1) is 12.7. The topological polar surface area (TPSA) is 53.1 Å². The molecule has 2 atom stereocenters. The molecule has 2 N–H and O–H groups in total. The summed E-state index contributed by atoms with van der Waals surface area (Å²) in [5, 5.41) is 4.28. The molecule has 0 amide bonds. The number of hydrogen-bond acceptors (Lipinski definition) is 3. The summed E-state index contributed by atoms with van der Waals surface area (Å²) >= 11 is 3.47. The lowest BCUT2D eigenvalue weighted by atomic mass is 9.94. The van der Waals surface area contributed by atoms with Crippen molar-refractivity contribution in [3.05, 3.63) is 45.7 Å². The predicted molar refractivity (Wildman–Crippen MR) is 77.0 cm³/mol. The van der Waals surface area contributed by atoms with E-state index in [2.05, 4.69) is 21.0 Å². The van der Waals surface area contributed by atoms with Crippen molar-refractivity contribution in [3.8, 4) is 5.75 Å². The van der Waals surface area contributed by atoms with Crippen LogP contribution in [-0.4, -0.2) is 9.78 Å². The van der Waals surface area contributed by atoms with Gasteiger partial charge < -0.3 is 10.5 Å². The van der Waals surface area contributed by atoms with E-state index < -0.39 is 0 Å². The minimum Gasteiger partial charge on any atom is -0.485 e. The maximum absolute atomic E-state index is 6.26. The largest absolute Gasteiger partial charge is 0.485 e. The molecule has 1 aromatic carbocycles. The second-order valence-electron chi connectivity index (χ2n) is 4.94. The number of halogens is 1. The molecule has 4 nitrogen and oxygen atoms in total. The maximum Gasteiger partial charge on any atom is 0.129 e. The van der Waals surface area contributed by atoms with Crippen molar-refractivity contribution in [2.24, 2.45) is 12.8 Å². The number of hydrogen-bond donors (Lipinski definition) is 1. The Morgan fingerprint density at radius 3 is 2.89 bits per heavy atom. The summed E-state index contributed by atoms with van der Waals surface area (Å²) < 4.78 is 8.96. The predicted octanol–water partition coefficient (Wildman–Crippen LogP) is 3.01. The number of aromatic nitrogens is 2. The van der Waals surface area contributed by atoms with Crippen LogP contribution in [0.15, 0.2) is 28.9 Å². The normalized spacial score (nSPS) is 21.9. The Labute approximate surface area is 120 Å². The van der Waals surface area contributed by atoms with Gasteiger partial charge in [-0.1, -0.05) is 22.0 Å². The van der Waals surface area contributed by atoms with Gasteiger partial charge in [0.05, 0.1) is 6.20 Å². The molecule has 19 heavy (non-hydrogen) atoms. The highest BCUT2D eigenvalue weighted by molar-refractivity contribution is 9.10. The zero-order chi connectivity index (χ0) is 13.6. The summed E-state index contributed by atoms with van der Waals surface area (Å²) in [5.41, 5.74) is 9.56. The summed E-state index contributed by atoms with van der Waals surface area (Å²) in [5.74, 6) is 0.862. The van der Waals surface area contributed by atoms with E-state index in [1.54, 1.807) is 0 Å². The lowest BCUT2D eigenvalue weighted by Gasteiger charge is -2.30. The van der Waals surface area contributed by atoms with E-state index in [0.29, 0.717) is 0 Å². The lowest BCUT2D eigenvalue weighted by Crippen LogP contribution is -2.24. The van der Waals surface area contributed by atoms with E-state index >= 15 is 0 Å². The van der Waals surface area contributed by atoms with Crippen LogP contribution in [0.25, 0.3) is 0 Å². The molecule has 2 aromatic rings. The number of nitrogens with two attached hydrogens (primary N) is 1. The summed E-state index contributed by atoms with van der Waals surface area (Å²) in [7, 11) is 1.94. The van der Waals surface area contributed by atoms with E-state index in [4.69, 9.17) is 10.5 Å². The number of aryl methyl sites for hydroxylation is 1. The first-order chi connectivity index (χ1) is 9.06. The van der Waals surface area contributed by atoms with Crippen LogP contribution in [0, 0.1) is 6.92 Å². The molecule has 0 saturated heterocycles. The average Bonchev–Trinajstić information content (AvgIpc) is 2.69. The number of rotatable bonds is 1. The molecule has 0 aliphatic carbocycles. The molecule has 1 aliphatic rings. The molecule has 5 heteroatoms. The van der Waals surface area contributed by atoms with Gasteiger partial charge in [0.25, 0.3) is 0 Å². The van der Waals surface area contributed by atoms with E-state index in [-0.39, 0.29) is 12.1 Å². The molecule has 0 fully saturated rings. The molecule has 1 aromatic heterocycles. The Kier molecular flexibility index (Phi) is 3.11. The van der Waals surface area contributed by atoms with E-state index in [1.165, 1.54) is 0 Å². The third-order valence-electron chi connectivity index (χ3n) is 3.73. The number of ether oxygens (including phenoxy) is 1. The smallest absolute Gasteiger partial charge is 0.129 e. The van der Waals surface area contributed by atoms with Crippen LogP contribution in [0.1, 0.15) is 35.4 Å². The Bertz CT molecular complexity index is 623. The fourth-order valence-electron chi connectivity index (χ4n) is 2.50. The first-order valence-electron chi connectivity index (χ1n) is 6.26. The van der Waals surface area contributed by atoms with Crippen molar-refractivity contribution in [3.63, 3.8) is 0 Å². The van der Waals surface area contributed by atoms with E-state index in [9.17, 15) is 0 Å². The number of fused-ring (bicyclic) bond motifs is 1. The number of nitrogens with zero attached hydrogens (tertiary/aromatic N) is 2. The molecule has 1 unspecified atom stereocenters.